The van der Waals surface area contributed by atoms with E-state index in [1.54, 1.807) is 0 Å². The zero-order valence-electron chi connectivity index (χ0n) is 10.1. The maximum atomic E-state index is 11.1. The summed E-state index contributed by atoms with van der Waals surface area (Å²) in [5.41, 5.74) is -0.246. The summed E-state index contributed by atoms with van der Waals surface area (Å²) in [7, 11) is 0. The topological polar surface area (TPSA) is 103 Å². The van der Waals surface area contributed by atoms with Crippen molar-refractivity contribution >= 4 is 43.5 Å². The van der Waals surface area contributed by atoms with Gasteiger partial charge in [0.05, 0.1) is 13.9 Å². The Morgan fingerprint density at radius 3 is 2.48 bits per heavy atom. The minimum Gasteiger partial charge on any atom is -0.477 e. The fourth-order valence-electron chi connectivity index (χ4n) is 1.49. The SMILES string of the molecule is O=C(O)c1cnccc1Oc1c(Br)cc([N+](=O)[O-])cc1Br. The Morgan fingerprint density at radius 1 is 1.33 bits per heavy atom. The van der Waals surface area contributed by atoms with E-state index >= 15 is 0 Å². The van der Waals surface area contributed by atoms with Gasteiger partial charge in [-0.15, -0.1) is 0 Å². The van der Waals surface area contributed by atoms with Crippen molar-refractivity contribution < 1.29 is 19.6 Å². The van der Waals surface area contributed by atoms with E-state index in [9.17, 15) is 14.9 Å². The van der Waals surface area contributed by atoms with E-state index in [2.05, 4.69) is 36.8 Å². The van der Waals surface area contributed by atoms with Crippen LogP contribution in [0.25, 0.3) is 0 Å². The maximum absolute atomic E-state index is 11.1. The molecule has 0 spiro atoms. The average molecular weight is 418 g/mol. The number of non-ortho nitro benzene ring substituents is 1. The third-order valence-electron chi connectivity index (χ3n) is 2.42. The van der Waals surface area contributed by atoms with Crippen LogP contribution in [0.1, 0.15) is 10.4 Å². The smallest absolute Gasteiger partial charge is 0.341 e. The number of halogens is 2. The highest BCUT2D eigenvalue weighted by Gasteiger charge is 2.18. The summed E-state index contributed by atoms with van der Waals surface area (Å²) in [5.74, 6) is -0.880. The maximum Gasteiger partial charge on any atom is 0.341 e. The number of carbonyl (C=O) groups is 1. The van der Waals surface area contributed by atoms with Gasteiger partial charge in [0.15, 0.2) is 5.75 Å². The van der Waals surface area contributed by atoms with Gasteiger partial charge >= 0.3 is 5.97 Å². The summed E-state index contributed by atoms with van der Waals surface area (Å²) in [6, 6.07) is 3.92. The zero-order valence-corrected chi connectivity index (χ0v) is 13.3. The molecule has 2 aromatic rings. The average Bonchev–Trinajstić information content (AvgIpc) is 2.42. The number of rotatable bonds is 4. The number of benzene rings is 1. The molecular formula is C12H6Br2N2O5. The van der Waals surface area contributed by atoms with Crippen LogP contribution in [-0.2, 0) is 0 Å². The highest BCUT2D eigenvalue weighted by Crippen LogP contribution is 2.40. The first-order chi connectivity index (χ1) is 9.90. The van der Waals surface area contributed by atoms with Gasteiger partial charge in [-0.05, 0) is 31.9 Å². The molecule has 7 nitrogen and oxygen atoms in total. The molecule has 21 heavy (non-hydrogen) atoms. The predicted molar refractivity (Wildman–Crippen MR) is 79.8 cm³/mol. The molecule has 0 radical (unpaired) electrons. The van der Waals surface area contributed by atoms with Crippen molar-refractivity contribution in [3.05, 3.63) is 55.2 Å². The minimum atomic E-state index is -1.19. The van der Waals surface area contributed by atoms with Gasteiger partial charge in [-0.25, -0.2) is 4.79 Å². The second-order valence-corrected chi connectivity index (χ2v) is 5.48. The third kappa shape index (κ3) is 3.37. The van der Waals surface area contributed by atoms with Crippen molar-refractivity contribution in [1.82, 2.24) is 4.98 Å². The molecule has 9 heteroatoms. The summed E-state index contributed by atoms with van der Waals surface area (Å²) in [5, 5.41) is 19.8. The normalized spacial score (nSPS) is 10.2. The Hall–Kier alpha value is -2.00. The molecule has 2 rings (SSSR count). The van der Waals surface area contributed by atoms with Gasteiger partial charge in [0.25, 0.3) is 5.69 Å². The Labute approximate surface area is 135 Å². The molecule has 0 aliphatic rings. The number of aromatic nitrogens is 1. The largest absolute Gasteiger partial charge is 0.477 e. The molecule has 0 bridgehead atoms. The highest BCUT2D eigenvalue weighted by molar-refractivity contribution is 9.11. The first-order valence-electron chi connectivity index (χ1n) is 5.38. The van der Waals surface area contributed by atoms with Crippen molar-refractivity contribution in [2.45, 2.75) is 0 Å². The lowest BCUT2D eigenvalue weighted by Crippen LogP contribution is -2.01. The molecule has 0 saturated carbocycles. The molecule has 0 saturated heterocycles. The lowest BCUT2D eigenvalue weighted by Gasteiger charge is -2.11. The lowest BCUT2D eigenvalue weighted by atomic mass is 10.2. The van der Waals surface area contributed by atoms with Crippen molar-refractivity contribution in [2.75, 3.05) is 0 Å². The van der Waals surface area contributed by atoms with E-state index < -0.39 is 10.9 Å². The van der Waals surface area contributed by atoms with Crippen LogP contribution < -0.4 is 4.74 Å². The van der Waals surface area contributed by atoms with E-state index in [1.165, 1.54) is 24.4 Å². The number of ether oxygens (including phenoxy) is 1. The number of aromatic carboxylic acids is 1. The summed E-state index contributed by atoms with van der Waals surface area (Å²) >= 11 is 6.33. The Balaban J connectivity index is 2.46. The standard InChI is InChI=1S/C12H6Br2N2O5/c13-8-3-6(16(19)20)4-9(14)11(8)21-10-1-2-15-5-7(10)12(17)18/h1-5H,(H,17,18). The van der Waals surface area contributed by atoms with Crippen molar-refractivity contribution in [2.24, 2.45) is 0 Å². The van der Waals surface area contributed by atoms with E-state index in [0.717, 1.165) is 6.20 Å². The number of hydrogen-bond acceptors (Lipinski definition) is 5. The van der Waals surface area contributed by atoms with Gasteiger partial charge in [-0.2, -0.15) is 0 Å². The quantitative estimate of drug-likeness (QED) is 0.595. The van der Waals surface area contributed by atoms with Gasteiger partial charge in [-0.3, -0.25) is 15.1 Å². The van der Waals surface area contributed by atoms with Crippen molar-refractivity contribution in [3.63, 3.8) is 0 Å². The van der Waals surface area contributed by atoms with Gasteiger partial charge in [-0.1, -0.05) is 0 Å². The van der Waals surface area contributed by atoms with E-state index in [-0.39, 0.29) is 22.7 Å². The summed E-state index contributed by atoms with van der Waals surface area (Å²) in [6.45, 7) is 0. The van der Waals surface area contributed by atoms with Gasteiger partial charge in [0.1, 0.15) is 11.3 Å². The molecule has 1 aromatic carbocycles. The molecule has 1 heterocycles. The van der Waals surface area contributed by atoms with Crippen LogP contribution in [0.5, 0.6) is 11.5 Å². The Bertz CT molecular complexity index is 712. The number of hydrogen-bond donors (Lipinski definition) is 1. The Kier molecular flexibility index (Phi) is 4.53. The molecule has 0 aliphatic heterocycles. The molecule has 0 fully saturated rings. The van der Waals surface area contributed by atoms with Crippen LogP contribution in [0.15, 0.2) is 39.5 Å². The van der Waals surface area contributed by atoms with E-state index in [1.807, 2.05) is 0 Å². The fraction of sp³-hybridized carbons (Fsp3) is 0. The first kappa shape index (κ1) is 15.4. The Morgan fingerprint density at radius 2 is 1.95 bits per heavy atom. The van der Waals surface area contributed by atoms with E-state index in [4.69, 9.17) is 9.84 Å². The number of nitro benzene ring substituents is 1. The van der Waals surface area contributed by atoms with Crippen LogP contribution in [-0.4, -0.2) is 21.0 Å². The molecule has 1 N–H and O–H groups in total. The highest BCUT2D eigenvalue weighted by atomic mass is 79.9. The van der Waals surface area contributed by atoms with Crippen molar-refractivity contribution in [1.29, 1.82) is 0 Å². The molecule has 0 amide bonds. The van der Waals surface area contributed by atoms with Gasteiger partial charge < -0.3 is 9.84 Å². The molecule has 0 aliphatic carbocycles. The summed E-state index contributed by atoms with van der Waals surface area (Å²) in [4.78, 5) is 25.0. The molecule has 108 valence electrons. The second-order valence-electron chi connectivity index (χ2n) is 3.77. The lowest BCUT2D eigenvalue weighted by molar-refractivity contribution is -0.385. The summed E-state index contributed by atoms with van der Waals surface area (Å²) in [6.07, 6.45) is 2.54. The van der Waals surface area contributed by atoms with Crippen molar-refractivity contribution in [3.8, 4) is 11.5 Å². The molecular weight excluding hydrogens is 412 g/mol. The van der Waals surface area contributed by atoms with Gasteiger partial charge in [0.2, 0.25) is 0 Å². The molecule has 0 atom stereocenters. The fourth-order valence-corrected chi connectivity index (χ4v) is 2.81. The third-order valence-corrected chi connectivity index (χ3v) is 3.60. The zero-order chi connectivity index (χ0) is 15.6. The predicted octanol–water partition coefficient (Wildman–Crippen LogP) is 4.01. The van der Waals surface area contributed by atoms with Crippen LogP contribution in [0, 0.1) is 10.1 Å². The minimum absolute atomic E-state index is 0.0766. The van der Waals surface area contributed by atoms with Crippen LogP contribution in [0.2, 0.25) is 0 Å². The summed E-state index contributed by atoms with van der Waals surface area (Å²) < 4.78 is 6.16. The number of nitrogens with zero attached hydrogens (tertiary/aromatic N) is 2. The number of pyridine rings is 1. The van der Waals surface area contributed by atoms with Crippen LogP contribution in [0.3, 0.4) is 0 Å². The van der Waals surface area contributed by atoms with Crippen LogP contribution in [0.4, 0.5) is 5.69 Å². The molecule has 0 unspecified atom stereocenters. The first-order valence-corrected chi connectivity index (χ1v) is 6.97. The van der Waals surface area contributed by atoms with Crippen LogP contribution >= 0.6 is 31.9 Å². The van der Waals surface area contributed by atoms with E-state index in [0.29, 0.717) is 8.95 Å². The number of nitro groups is 1. The monoisotopic (exact) mass is 416 g/mol. The number of carboxylic acids is 1. The molecule has 1 aromatic heterocycles. The second kappa shape index (κ2) is 6.19. The van der Waals surface area contributed by atoms with Gasteiger partial charge in [0, 0.05) is 30.6 Å². The number of carboxylic acid groups (broad SMARTS) is 1.